The molecule has 2 unspecified atom stereocenters. The van der Waals surface area contributed by atoms with Gasteiger partial charge in [0.2, 0.25) is 10.0 Å². The highest BCUT2D eigenvalue weighted by molar-refractivity contribution is 7.89. The highest BCUT2D eigenvalue weighted by Gasteiger charge is 2.26. The first-order valence-electron chi connectivity index (χ1n) is 7.68. The molecule has 0 bridgehead atoms. The van der Waals surface area contributed by atoms with Gasteiger partial charge in [-0.05, 0) is 37.5 Å². The Hall–Kier alpha value is 0.200. The van der Waals surface area contributed by atoms with Crippen LogP contribution in [0.15, 0.2) is 0 Å². The van der Waals surface area contributed by atoms with Crippen LogP contribution < -0.4 is 4.72 Å². The molecule has 19 heavy (non-hydrogen) atoms. The molecule has 0 amide bonds. The summed E-state index contributed by atoms with van der Waals surface area (Å²) in [7, 11) is -3.11. The summed E-state index contributed by atoms with van der Waals surface area (Å²) in [5, 5.41) is 0.145. The average molecular weight is 308 g/mol. The molecule has 2 aliphatic carbocycles. The number of rotatable bonds is 5. The topological polar surface area (TPSA) is 46.2 Å². The molecule has 0 aliphatic heterocycles. The van der Waals surface area contributed by atoms with E-state index < -0.39 is 10.0 Å². The third-order valence-electron chi connectivity index (χ3n) is 4.56. The van der Waals surface area contributed by atoms with E-state index in [-0.39, 0.29) is 5.38 Å². The lowest BCUT2D eigenvalue weighted by molar-refractivity contribution is 0.360. The van der Waals surface area contributed by atoms with Gasteiger partial charge in [0.15, 0.2) is 0 Å². The molecule has 2 aliphatic rings. The lowest BCUT2D eigenvalue weighted by atomic mass is 9.89. The first kappa shape index (κ1) is 15.6. The summed E-state index contributed by atoms with van der Waals surface area (Å²) < 4.78 is 27.0. The number of nitrogens with one attached hydrogen (secondary N) is 1. The molecule has 0 aromatic carbocycles. The number of halogens is 1. The summed E-state index contributed by atoms with van der Waals surface area (Å²) in [6.07, 6.45) is 10.2. The van der Waals surface area contributed by atoms with Crippen LogP contribution in [-0.4, -0.2) is 26.1 Å². The Kier molecular flexibility index (Phi) is 5.97. The van der Waals surface area contributed by atoms with Crippen LogP contribution in [0.4, 0.5) is 0 Å². The maximum Gasteiger partial charge on any atom is 0.211 e. The third-order valence-corrected chi connectivity index (χ3v) is 6.65. The second-order valence-electron chi connectivity index (χ2n) is 6.19. The minimum Gasteiger partial charge on any atom is -0.215 e. The number of hydrogen-bond donors (Lipinski definition) is 1. The Morgan fingerprint density at radius 1 is 0.947 bits per heavy atom. The normalized spacial score (nSPS) is 30.4. The van der Waals surface area contributed by atoms with Crippen molar-refractivity contribution in [3.05, 3.63) is 0 Å². The van der Waals surface area contributed by atoms with Gasteiger partial charge >= 0.3 is 0 Å². The van der Waals surface area contributed by atoms with Gasteiger partial charge in [-0.15, -0.1) is 11.6 Å². The molecule has 0 heterocycles. The molecular formula is C14H26ClNO2S. The van der Waals surface area contributed by atoms with E-state index >= 15 is 0 Å². The third kappa shape index (κ3) is 5.24. The van der Waals surface area contributed by atoms with E-state index in [4.69, 9.17) is 11.6 Å². The zero-order chi connectivity index (χ0) is 13.7. The quantitative estimate of drug-likeness (QED) is 0.792. The Labute approximate surface area is 122 Å². The first-order chi connectivity index (χ1) is 9.07. The molecule has 0 aromatic rings. The molecule has 0 spiro atoms. The predicted octanol–water partition coefficient (Wildman–Crippen LogP) is 3.28. The van der Waals surface area contributed by atoms with Crippen molar-refractivity contribution in [1.82, 2.24) is 4.72 Å². The summed E-state index contributed by atoms with van der Waals surface area (Å²) in [6, 6.07) is 0. The molecule has 2 rings (SSSR count). The van der Waals surface area contributed by atoms with Crippen molar-refractivity contribution in [2.24, 2.45) is 11.8 Å². The van der Waals surface area contributed by atoms with Gasteiger partial charge in [-0.1, -0.05) is 32.1 Å². The van der Waals surface area contributed by atoms with Crippen LogP contribution in [0.2, 0.25) is 0 Å². The fraction of sp³-hybridized carbons (Fsp3) is 1.00. The smallest absolute Gasteiger partial charge is 0.211 e. The summed E-state index contributed by atoms with van der Waals surface area (Å²) in [5.41, 5.74) is 0. The van der Waals surface area contributed by atoms with Crippen molar-refractivity contribution in [3.63, 3.8) is 0 Å². The standard InChI is InChI=1S/C14H26ClNO2S/c15-14-9-5-4-8-13(14)10-16-19(17,18)11-12-6-2-1-3-7-12/h12-14,16H,1-11H2. The zero-order valence-electron chi connectivity index (χ0n) is 11.6. The molecule has 3 nitrogen and oxygen atoms in total. The largest absolute Gasteiger partial charge is 0.215 e. The van der Waals surface area contributed by atoms with E-state index in [0.717, 1.165) is 25.7 Å². The Balaban J connectivity index is 1.76. The van der Waals surface area contributed by atoms with E-state index in [1.54, 1.807) is 0 Å². The van der Waals surface area contributed by atoms with Gasteiger partial charge in [0, 0.05) is 11.9 Å². The van der Waals surface area contributed by atoms with Crippen molar-refractivity contribution in [1.29, 1.82) is 0 Å². The molecule has 2 atom stereocenters. The molecule has 0 radical (unpaired) electrons. The molecule has 0 aromatic heterocycles. The van der Waals surface area contributed by atoms with Gasteiger partial charge in [0.25, 0.3) is 0 Å². The molecule has 0 saturated heterocycles. The first-order valence-corrected chi connectivity index (χ1v) is 9.77. The van der Waals surface area contributed by atoms with Crippen LogP contribution in [0.3, 0.4) is 0 Å². The van der Waals surface area contributed by atoms with E-state index in [9.17, 15) is 8.42 Å². The average Bonchev–Trinajstić information content (AvgIpc) is 2.38. The lowest BCUT2D eigenvalue weighted by Crippen LogP contribution is -2.37. The highest BCUT2D eigenvalue weighted by Crippen LogP contribution is 2.28. The second-order valence-corrected chi connectivity index (χ2v) is 8.61. The van der Waals surface area contributed by atoms with Crippen LogP contribution in [0.25, 0.3) is 0 Å². The summed E-state index contributed by atoms with van der Waals surface area (Å²) in [5.74, 6) is 0.994. The molecule has 1 N–H and O–H groups in total. The minimum atomic E-state index is -3.11. The van der Waals surface area contributed by atoms with Crippen molar-refractivity contribution in [2.75, 3.05) is 12.3 Å². The Bertz CT molecular complexity index is 366. The molecule has 112 valence electrons. The zero-order valence-corrected chi connectivity index (χ0v) is 13.2. The van der Waals surface area contributed by atoms with Crippen molar-refractivity contribution in [3.8, 4) is 0 Å². The minimum absolute atomic E-state index is 0.145. The second kappa shape index (κ2) is 7.28. The number of hydrogen-bond acceptors (Lipinski definition) is 2. The molecule has 5 heteroatoms. The maximum absolute atomic E-state index is 12.1. The van der Waals surface area contributed by atoms with Gasteiger partial charge < -0.3 is 0 Å². The number of alkyl halides is 1. The maximum atomic E-state index is 12.1. The fourth-order valence-electron chi connectivity index (χ4n) is 3.35. The van der Waals surface area contributed by atoms with Crippen LogP contribution in [0.5, 0.6) is 0 Å². The SMILES string of the molecule is O=S(=O)(CC1CCCCC1)NCC1CCCCC1Cl. The van der Waals surface area contributed by atoms with Gasteiger partial charge in [0.05, 0.1) is 5.75 Å². The fourth-order valence-corrected chi connectivity index (χ4v) is 5.26. The molecular weight excluding hydrogens is 282 g/mol. The monoisotopic (exact) mass is 307 g/mol. The summed E-state index contributed by atoms with van der Waals surface area (Å²) in [4.78, 5) is 0. The van der Waals surface area contributed by atoms with Crippen LogP contribution in [0.1, 0.15) is 57.8 Å². The predicted molar refractivity (Wildman–Crippen MR) is 80.0 cm³/mol. The van der Waals surface area contributed by atoms with Crippen LogP contribution in [0, 0.1) is 11.8 Å². The van der Waals surface area contributed by atoms with Crippen LogP contribution in [-0.2, 0) is 10.0 Å². The van der Waals surface area contributed by atoms with Crippen molar-refractivity contribution < 1.29 is 8.42 Å². The van der Waals surface area contributed by atoms with E-state index in [1.807, 2.05) is 0 Å². The van der Waals surface area contributed by atoms with E-state index in [0.29, 0.717) is 24.1 Å². The van der Waals surface area contributed by atoms with Gasteiger partial charge in [-0.3, -0.25) is 0 Å². The Morgan fingerprint density at radius 3 is 2.26 bits per heavy atom. The highest BCUT2D eigenvalue weighted by atomic mass is 35.5. The summed E-state index contributed by atoms with van der Waals surface area (Å²) in [6.45, 7) is 0.531. The molecule has 2 saturated carbocycles. The number of sulfonamides is 1. The van der Waals surface area contributed by atoms with E-state index in [1.165, 1.54) is 32.1 Å². The van der Waals surface area contributed by atoms with Crippen molar-refractivity contribution >= 4 is 21.6 Å². The van der Waals surface area contributed by atoms with Gasteiger partial charge in [0.1, 0.15) is 0 Å². The Morgan fingerprint density at radius 2 is 1.58 bits per heavy atom. The lowest BCUT2D eigenvalue weighted by Gasteiger charge is -2.27. The van der Waals surface area contributed by atoms with Gasteiger partial charge in [-0.25, -0.2) is 13.1 Å². The molecule has 2 fully saturated rings. The van der Waals surface area contributed by atoms with Crippen LogP contribution >= 0.6 is 11.6 Å². The van der Waals surface area contributed by atoms with Gasteiger partial charge in [-0.2, -0.15) is 0 Å². The van der Waals surface area contributed by atoms with Crippen molar-refractivity contribution in [2.45, 2.75) is 63.2 Å². The summed E-state index contributed by atoms with van der Waals surface area (Å²) >= 11 is 6.27. The van der Waals surface area contributed by atoms with E-state index in [2.05, 4.69) is 4.72 Å².